The molecule has 0 bridgehead atoms. The Hall–Kier alpha value is -2.37. The number of carbonyl (C=O) groups is 2. The molecular formula is C13H13N3O3. The third-order valence-corrected chi connectivity index (χ3v) is 3.46. The first kappa shape index (κ1) is 11.7. The van der Waals surface area contributed by atoms with E-state index in [0.717, 1.165) is 19.3 Å². The molecule has 0 saturated heterocycles. The van der Waals surface area contributed by atoms with Gasteiger partial charge in [0, 0.05) is 11.6 Å². The van der Waals surface area contributed by atoms with Gasteiger partial charge in [0.05, 0.1) is 5.39 Å². The van der Waals surface area contributed by atoms with Gasteiger partial charge in [-0.1, -0.05) is 17.6 Å². The third kappa shape index (κ3) is 1.95. The number of nitrogens with zero attached hydrogens (tertiary/aromatic N) is 1. The largest absolute Gasteiger partial charge is 0.398 e. The Labute approximate surface area is 108 Å². The van der Waals surface area contributed by atoms with E-state index in [-0.39, 0.29) is 17.5 Å². The van der Waals surface area contributed by atoms with Gasteiger partial charge in [-0.05, 0) is 25.0 Å². The summed E-state index contributed by atoms with van der Waals surface area (Å²) < 4.78 is 5.03. The van der Waals surface area contributed by atoms with Gasteiger partial charge < -0.3 is 10.3 Å². The summed E-state index contributed by atoms with van der Waals surface area (Å²) >= 11 is 0. The van der Waals surface area contributed by atoms with Crippen molar-refractivity contribution in [1.29, 1.82) is 0 Å². The Balaban J connectivity index is 1.87. The topological polar surface area (TPSA) is 98.2 Å². The van der Waals surface area contributed by atoms with E-state index in [1.54, 1.807) is 18.2 Å². The Morgan fingerprint density at radius 2 is 2.16 bits per heavy atom. The SMILES string of the molecule is Nc1cccc2onc(C(=O)NC(=O)C3CCC3)c12. The zero-order valence-electron chi connectivity index (χ0n) is 10.2. The van der Waals surface area contributed by atoms with Crippen molar-refractivity contribution in [3.63, 3.8) is 0 Å². The highest BCUT2D eigenvalue weighted by Gasteiger charge is 2.28. The highest BCUT2D eigenvalue weighted by molar-refractivity contribution is 6.13. The van der Waals surface area contributed by atoms with Crippen molar-refractivity contribution >= 4 is 28.5 Å². The van der Waals surface area contributed by atoms with E-state index in [4.69, 9.17) is 10.3 Å². The quantitative estimate of drug-likeness (QED) is 0.628. The normalized spacial score (nSPS) is 15.2. The third-order valence-electron chi connectivity index (χ3n) is 3.46. The van der Waals surface area contributed by atoms with Crippen LogP contribution >= 0.6 is 0 Å². The monoisotopic (exact) mass is 259 g/mol. The second kappa shape index (κ2) is 4.38. The van der Waals surface area contributed by atoms with Gasteiger partial charge in [0.25, 0.3) is 5.91 Å². The van der Waals surface area contributed by atoms with Gasteiger partial charge in [-0.2, -0.15) is 0 Å². The van der Waals surface area contributed by atoms with Crippen LogP contribution in [0.3, 0.4) is 0 Å². The zero-order valence-corrected chi connectivity index (χ0v) is 10.2. The van der Waals surface area contributed by atoms with Crippen molar-refractivity contribution < 1.29 is 14.1 Å². The van der Waals surface area contributed by atoms with Crippen LogP contribution in [0.5, 0.6) is 0 Å². The maximum absolute atomic E-state index is 12.0. The molecule has 0 unspecified atom stereocenters. The first-order valence-corrected chi connectivity index (χ1v) is 6.16. The Bertz CT molecular complexity index is 658. The molecule has 0 atom stereocenters. The number of nitrogen functional groups attached to an aromatic ring is 1. The van der Waals surface area contributed by atoms with E-state index >= 15 is 0 Å². The van der Waals surface area contributed by atoms with Crippen molar-refractivity contribution in [3.8, 4) is 0 Å². The summed E-state index contributed by atoms with van der Waals surface area (Å²) in [7, 11) is 0. The Morgan fingerprint density at radius 3 is 2.84 bits per heavy atom. The van der Waals surface area contributed by atoms with Crippen molar-refractivity contribution in [2.24, 2.45) is 5.92 Å². The number of hydrogen-bond acceptors (Lipinski definition) is 5. The highest BCUT2D eigenvalue weighted by atomic mass is 16.5. The maximum Gasteiger partial charge on any atom is 0.280 e. The van der Waals surface area contributed by atoms with Gasteiger partial charge in [0.2, 0.25) is 5.91 Å². The minimum Gasteiger partial charge on any atom is -0.398 e. The number of amides is 2. The predicted octanol–water partition coefficient (Wildman–Crippen LogP) is 1.47. The summed E-state index contributed by atoms with van der Waals surface area (Å²) in [5, 5.41) is 6.49. The molecule has 1 aromatic heterocycles. The zero-order chi connectivity index (χ0) is 13.4. The lowest BCUT2D eigenvalue weighted by atomic mass is 9.85. The Kier molecular flexibility index (Phi) is 2.70. The number of nitrogens with two attached hydrogens (primary N) is 1. The second-order valence-corrected chi connectivity index (χ2v) is 4.70. The van der Waals surface area contributed by atoms with Crippen LogP contribution in [0.2, 0.25) is 0 Å². The predicted molar refractivity (Wildman–Crippen MR) is 68.2 cm³/mol. The standard InChI is InChI=1S/C13H13N3O3/c14-8-5-2-6-9-10(8)11(16-19-9)13(18)15-12(17)7-3-1-4-7/h2,5-7H,1,3-4,14H2,(H,15,17,18). The summed E-state index contributed by atoms with van der Waals surface area (Å²) in [6.07, 6.45) is 2.70. The fourth-order valence-electron chi connectivity index (χ4n) is 2.12. The number of carbonyl (C=O) groups excluding carboxylic acids is 2. The van der Waals surface area contributed by atoms with E-state index in [9.17, 15) is 9.59 Å². The molecule has 1 fully saturated rings. The highest BCUT2D eigenvalue weighted by Crippen LogP contribution is 2.27. The molecule has 19 heavy (non-hydrogen) atoms. The molecule has 1 saturated carbocycles. The minimum absolute atomic E-state index is 0.0561. The first-order valence-electron chi connectivity index (χ1n) is 6.16. The first-order chi connectivity index (χ1) is 9.16. The fourth-order valence-corrected chi connectivity index (χ4v) is 2.12. The van der Waals surface area contributed by atoms with Gasteiger partial charge in [-0.3, -0.25) is 14.9 Å². The van der Waals surface area contributed by atoms with Gasteiger partial charge in [0.1, 0.15) is 0 Å². The van der Waals surface area contributed by atoms with Crippen molar-refractivity contribution in [2.45, 2.75) is 19.3 Å². The van der Waals surface area contributed by atoms with Crippen LogP contribution in [0.4, 0.5) is 5.69 Å². The molecule has 1 aromatic carbocycles. The molecule has 6 heteroatoms. The molecule has 3 rings (SSSR count). The molecule has 0 aliphatic heterocycles. The molecule has 3 N–H and O–H groups in total. The number of hydrogen-bond donors (Lipinski definition) is 2. The lowest BCUT2D eigenvalue weighted by Gasteiger charge is -2.23. The maximum atomic E-state index is 12.0. The molecule has 6 nitrogen and oxygen atoms in total. The van der Waals surface area contributed by atoms with E-state index in [2.05, 4.69) is 10.5 Å². The smallest absolute Gasteiger partial charge is 0.280 e. The molecule has 0 radical (unpaired) electrons. The number of fused-ring (bicyclic) bond motifs is 1. The molecule has 2 amide bonds. The molecular weight excluding hydrogens is 246 g/mol. The number of benzene rings is 1. The van der Waals surface area contributed by atoms with E-state index in [1.807, 2.05) is 0 Å². The van der Waals surface area contributed by atoms with Crippen LogP contribution < -0.4 is 11.1 Å². The van der Waals surface area contributed by atoms with Crippen molar-refractivity contribution in [2.75, 3.05) is 5.73 Å². The van der Waals surface area contributed by atoms with Crippen LogP contribution in [0, 0.1) is 5.92 Å². The number of aromatic nitrogens is 1. The molecule has 1 aliphatic carbocycles. The van der Waals surface area contributed by atoms with E-state index in [1.165, 1.54) is 0 Å². The van der Waals surface area contributed by atoms with Gasteiger partial charge in [-0.15, -0.1) is 0 Å². The van der Waals surface area contributed by atoms with Gasteiger partial charge in [-0.25, -0.2) is 0 Å². The van der Waals surface area contributed by atoms with Crippen LogP contribution in [-0.4, -0.2) is 17.0 Å². The average molecular weight is 259 g/mol. The lowest BCUT2D eigenvalue weighted by molar-refractivity contribution is -0.126. The summed E-state index contributed by atoms with van der Waals surface area (Å²) in [5.41, 5.74) is 6.69. The average Bonchev–Trinajstić information content (AvgIpc) is 2.71. The molecule has 98 valence electrons. The van der Waals surface area contributed by atoms with Crippen molar-refractivity contribution in [1.82, 2.24) is 10.5 Å². The van der Waals surface area contributed by atoms with E-state index < -0.39 is 5.91 Å². The van der Waals surface area contributed by atoms with Crippen LogP contribution in [0.1, 0.15) is 29.8 Å². The number of rotatable bonds is 2. The summed E-state index contributed by atoms with van der Waals surface area (Å²) in [6, 6.07) is 5.04. The summed E-state index contributed by atoms with van der Waals surface area (Å²) in [6.45, 7) is 0. The molecule has 0 spiro atoms. The number of imide groups is 1. The summed E-state index contributed by atoms with van der Waals surface area (Å²) in [5.74, 6) is -0.866. The van der Waals surface area contributed by atoms with Crippen LogP contribution in [-0.2, 0) is 4.79 Å². The second-order valence-electron chi connectivity index (χ2n) is 4.70. The Morgan fingerprint density at radius 1 is 1.37 bits per heavy atom. The van der Waals surface area contributed by atoms with Crippen molar-refractivity contribution in [3.05, 3.63) is 23.9 Å². The molecule has 1 heterocycles. The van der Waals surface area contributed by atoms with Gasteiger partial charge in [0.15, 0.2) is 11.3 Å². The van der Waals surface area contributed by atoms with Crippen LogP contribution in [0.15, 0.2) is 22.7 Å². The van der Waals surface area contributed by atoms with E-state index in [0.29, 0.717) is 16.7 Å². The van der Waals surface area contributed by atoms with Crippen LogP contribution in [0.25, 0.3) is 11.0 Å². The number of anilines is 1. The molecule has 1 aliphatic rings. The molecule has 2 aromatic rings. The van der Waals surface area contributed by atoms with Gasteiger partial charge >= 0.3 is 0 Å². The minimum atomic E-state index is -0.562. The fraction of sp³-hybridized carbons (Fsp3) is 0.308. The summed E-state index contributed by atoms with van der Waals surface area (Å²) in [4.78, 5) is 23.7. The lowest BCUT2D eigenvalue weighted by Crippen LogP contribution is -2.38. The number of nitrogens with one attached hydrogen (secondary N) is 1.